The first-order valence-corrected chi connectivity index (χ1v) is 10.5. The van der Waals surface area contributed by atoms with Gasteiger partial charge in [0.05, 0.1) is 12.9 Å². The Morgan fingerprint density at radius 2 is 2.00 bits per heavy atom. The number of aromatic nitrogens is 4. The van der Waals surface area contributed by atoms with E-state index in [0.717, 1.165) is 34.5 Å². The monoisotopic (exact) mass is 440 g/mol. The third-order valence-electron chi connectivity index (χ3n) is 4.96. The predicted octanol–water partition coefficient (Wildman–Crippen LogP) is 2.81. The highest BCUT2D eigenvalue weighted by Gasteiger charge is 2.20. The van der Waals surface area contributed by atoms with Crippen LogP contribution in [0.2, 0.25) is 0 Å². The molecule has 32 heavy (non-hydrogen) atoms. The van der Waals surface area contributed by atoms with Crippen molar-refractivity contribution in [2.24, 2.45) is 0 Å². The number of carboxylic acid groups (broad SMARTS) is 1. The van der Waals surface area contributed by atoms with Crippen molar-refractivity contribution >= 4 is 29.0 Å². The van der Waals surface area contributed by atoms with E-state index in [4.69, 9.17) is 4.74 Å². The molecule has 1 aromatic carbocycles. The smallest absolute Gasteiger partial charge is 0.408 e. The van der Waals surface area contributed by atoms with Crippen molar-refractivity contribution in [1.29, 1.82) is 0 Å². The summed E-state index contributed by atoms with van der Waals surface area (Å²) in [5.74, 6) is -0.313. The third-order valence-corrected chi connectivity index (χ3v) is 4.96. The maximum atomic E-state index is 12.0. The van der Waals surface area contributed by atoms with E-state index in [1.165, 1.54) is 6.33 Å². The second-order valence-electron chi connectivity index (χ2n) is 7.71. The van der Waals surface area contributed by atoms with Gasteiger partial charge < -0.3 is 24.6 Å². The molecule has 0 saturated heterocycles. The van der Waals surface area contributed by atoms with E-state index in [-0.39, 0.29) is 6.61 Å². The maximum absolute atomic E-state index is 12.0. The molecule has 2 heterocycles. The average molecular weight is 441 g/mol. The summed E-state index contributed by atoms with van der Waals surface area (Å²) < 4.78 is 7.16. The van der Waals surface area contributed by atoms with Gasteiger partial charge in [0.1, 0.15) is 19.0 Å². The second-order valence-corrected chi connectivity index (χ2v) is 7.71. The molecule has 0 radical (unpaired) electrons. The molecule has 2 N–H and O–H groups in total. The quantitative estimate of drug-likeness (QED) is 0.493. The van der Waals surface area contributed by atoms with Gasteiger partial charge in [0.15, 0.2) is 17.0 Å². The van der Waals surface area contributed by atoms with Gasteiger partial charge >= 0.3 is 12.1 Å². The number of hydrogen-bond donors (Lipinski definition) is 2. The van der Waals surface area contributed by atoms with Crippen LogP contribution in [0.5, 0.6) is 0 Å². The van der Waals surface area contributed by atoms with E-state index in [9.17, 15) is 14.7 Å². The van der Waals surface area contributed by atoms with Gasteiger partial charge in [-0.2, -0.15) is 0 Å². The Bertz CT molecular complexity index is 1080. The van der Waals surface area contributed by atoms with Crippen molar-refractivity contribution in [3.05, 3.63) is 48.0 Å². The number of fused-ring (bicyclic) bond motifs is 1. The number of rotatable bonds is 10. The normalized spacial score (nSPS) is 11.8. The number of nitrogens with zero attached hydrogens (tertiary/aromatic N) is 5. The Morgan fingerprint density at radius 3 is 2.72 bits per heavy atom. The first-order chi connectivity index (χ1) is 15.4. The number of hydrogen-bond acceptors (Lipinski definition) is 7. The number of carbonyl (C=O) groups excluding carboxylic acids is 1. The average Bonchev–Trinajstić information content (AvgIpc) is 3.18. The number of ether oxygens (including phenoxy) is 1. The predicted molar refractivity (Wildman–Crippen MR) is 119 cm³/mol. The molecule has 1 atom stereocenters. The van der Waals surface area contributed by atoms with Crippen LogP contribution in [-0.4, -0.2) is 56.8 Å². The minimum atomic E-state index is -1.06. The van der Waals surface area contributed by atoms with E-state index < -0.39 is 18.1 Å². The number of unbranched alkanes of at least 4 members (excludes halogenated alkanes) is 1. The largest absolute Gasteiger partial charge is 0.480 e. The zero-order chi connectivity index (χ0) is 23.1. The number of alkyl carbamates (subject to hydrolysis) is 1. The molecular weight excluding hydrogens is 412 g/mol. The lowest BCUT2D eigenvalue weighted by atomic mass is 10.1. The van der Waals surface area contributed by atoms with Crippen LogP contribution in [-0.2, 0) is 22.7 Å². The third kappa shape index (κ3) is 5.71. The molecule has 0 aliphatic carbocycles. The fourth-order valence-electron chi connectivity index (χ4n) is 3.32. The highest BCUT2D eigenvalue weighted by molar-refractivity contribution is 5.83. The SMILES string of the molecule is CCCCC(NC(=O)OCc1cccc(Cn2cnc3c(N(C)C)ncnc32)c1)C(=O)O. The van der Waals surface area contributed by atoms with Crippen LogP contribution in [0.3, 0.4) is 0 Å². The van der Waals surface area contributed by atoms with Crippen molar-refractivity contribution in [3.8, 4) is 0 Å². The Balaban J connectivity index is 1.64. The molecule has 0 spiro atoms. The zero-order valence-corrected chi connectivity index (χ0v) is 18.5. The van der Waals surface area contributed by atoms with E-state index >= 15 is 0 Å². The topological polar surface area (TPSA) is 122 Å². The van der Waals surface area contributed by atoms with Gasteiger partial charge in [0, 0.05) is 14.1 Å². The highest BCUT2D eigenvalue weighted by Crippen LogP contribution is 2.20. The van der Waals surface area contributed by atoms with Crippen LogP contribution in [0.15, 0.2) is 36.9 Å². The number of carboxylic acids is 1. The summed E-state index contributed by atoms with van der Waals surface area (Å²) in [4.78, 5) is 38.3. The van der Waals surface area contributed by atoms with Gasteiger partial charge in [-0.25, -0.2) is 24.5 Å². The first kappa shape index (κ1) is 23.0. The Labute approximate surface area is 186 Å². The van der Waals surface area contributed by atoms with Gasteiger partial charge in [0.25, 0.3) is 0 Å². The standard InChI is InChI=1S/C22H28N6O4/c1-4-5-9-17(21(29)30)26-22(31)32-12-16-8-6-7-15(10-16)11-28-14-25-18-19(27(2)3)23-13-24-20(18)28/h6-8,10,13-14,17H,4-5,9,11-12H2,1-3H3,(H,26,31)(H,29,30). The van der Waals surface area contributed by atoms with Crippen LogP contribution >= 0.6 is 0 Å². The minimum absolute atomic E-state index is 0.0391. The number of nitrogens with one attached hydrogen (secondary N) is 1. The van der Waals surface area contributed by atoms with Crippen molar-refractivity contribution < 1.29 is 19.4 Å². The Kier molecular flexibility index (Phi) is 7.58. The lowest BCUT2D eigenvalue weighted by Crippen LogP contribution is -2.40. The van der Waals surface area contributed by atoms with Crippen LogP contribution < -0.4 is 10.2 Å². The van der Waals surface area contributed by atoms with Gasteiger partial charge in [-0.15, -0.1) is 0 Å². The van der Waals surface area contributed by atoms with Crippen molar-refractivity contribution in [3.63, 3.8) is 0 Å². The molecule has 10 heteroatoms. The number of carbonyl (C=O) groups is 2. The molecule has 0 saturated carbocycles. The molecule has 10 nitrogen and oxygen atoms in total. The molecule has 170 valence electrons. The summed E-state index contributed by atoms with van der Waals surface area (Å²) in [5.41, 5.74) is 3.24. The summed E-state index contributed by atoms with van der Waals surface area (Å²) in [7, 11) is 3.81. The molecule has 0 aliphatic rings. The lowest BCUT2D eigenvalue weighted by Gasteiger charge is -2.14. The fraction of sp³-hybridized carbons (Fsp3) is 0.409. The molecule has 1 amide bonds. The second kappa shape index (κ2) is 10.6. The van der Waals surface area contributed by atoms with Gasteiger partial charge in [-0.05, 0) is 17.5 Å². The molecule has 1 unspecified atom stereocenters. The van der Waals surface area contributed by atoms with E-state index in [1.807, 2.05) is 54.8 Å². The van der Waals surface area contributed by atoms with Crippen LogP contribution in [0.1, 0.15) is 37.3 Å². The molecular formula is C22H28N6O4. The molecule has 3 aromatic rings. The minimum Gasteiger partial charge on any atom is -0.480 e. The highest BCUT2D eigenvalue weighted by atomic mass is 16.5. The zero-order valence-electron chi connectivity index (χ0n) is 18.5. The number of amides is 1. The fourth-order valence-corrected chi connectivity index (χ4v) is 3.32. The van der Waals surface area contributed by atoms with E-state index in [2.05, 4.69) is 20.3 Å². The molecule has 0 bridgehead atoms. The van der Waals surface area contributed by atoms with Crippen LogP contribution in [0.4, 0.5) is 10.6 Å². The number of imidazole rings is 1. The van der Waals surface area contributed by atoms with E-state index in [0.29, 0.717) is 19.4 Å². The van der Waals surface area contributed by atoms with Gasteiger partial charge in [-0.1, -0.05) is 44.0 Å². The number of anilines is 1. The van der Waals surface area contributed by atoms with Crippen molar-refractivity contribution in [2.45, 2.75) is 45.4 Å². The Morgan fingerprint density at radius 1 is 1.22 bits per heavy atom. The first-order valence-electron chi connectivity index (χ1n) is 10.5. The van der Waals surface area contributed by atoms with Crippen molar-refractivity contribution in [2.75, 3.05) is 19.0 Å². The molecule has 2 aromatic heterocycles. The van der Waals surface area contributed by atoms with Crippen molar-refractivity contribution in [1.82, 2.24) is 24.8 Å². The van der Waals surface area contributed by atoms with Gasteiger partial charge in [-0.3, -0.25) is 0 Å². The molecule has 0 fully saturated rings. The summed E-state index contributed by atoms with van der Waals surface area (Å²) >= 11 is 0. The van der Waals surface area contributed by atoms with Crippen LogP contribution in [0, 0.1) is 0 Å². The van der Waals surface area contributed by atoms with E-state index in [1.54, 1.807) is 6.33 Å². The lowest BCUT2D eigenvalue weighted by molar-refractivity contribution is -0.139. The maximum Gasteiger partial charge on any atom is 0.408 e. The number of aliphatic carboxylic acids is 1. The summed E-state index contributed by atoms with van der Waals surface area (Å²) in [6, 6.07) is 6.68. The summed E-state index contributed by atoms with van der Waals surface area (Å²) in [5, 5.41) is 11.6. The van der Waals surface area contributed by atoms with Gasteiger partial charge in [0.2, 0.25) is 0 Å². The molecule has 0 aliphatic heterocycles. The van der Waals surface area contributed by atoms with Crippen LogP contribution in [0.25, 0.3) is 11.2 Å². The summed E-state index contributed by atoms with van der Waals surface area (Å²) in [6.07, 6.45) is 4.43. The Hall–Kier alpha value is -3.69. The molecule has 3 rings (SSSR count). The summed E-state index contributed by atoms with van der Waals surface area (Å²) in [6.45, 7) is 2.54. The number of benzene rings is 1.